The number of hydrogen-bond donors (Lipinski definition) is 2. The van der Waals surface area contributed by atoms with Crippen LogP contribution in [0.2, 0.25) is 0 Å². The molecule has 0 aliphatic heterocycles. The summed E-state index contributed by atoms with van der Waals surface area (Å²) in [4.78, 5) is 4.08. The van der Waals surface area contributed by atoms with E-state index in [0.717, 1.165) is 5.56 Å². The van der Waals surface area contributed by atoms with Gasteiger partial charge in [-0.15, -0.1) is 0 Å². The number of hydrogen-bond acceptors (Lipinski definition) is 3. The van der Waals surface area contributed by atoms with Crippen molar-refractivity contribution in [1.29, 1.82) is 0 Å². The molecule has 1 heterocycles. The van der Waals surface area contributed by atoms with Crippen molar-refractivity contribution in [2.45, 2.75) is 26.3 Å². The Labute approximate surface area is 108 Å². The van der Waals surface area contributed by atoms with E-state index in [1.165, 1.54) is 5.56 Å². The van der Waals surface area contributed by atoms with Gasteiger partial charge in [0.25, 0.3) is 0 Å². The van der Waals surface area contributed by atoms with Crippen molar-refractivity contribution in [3.63, 3.8) is 0 Å². The molecule has 94 valence electrons. The molecule has 1 aromatic carbocycles. The van der Waals surface area contributed by atoms with Gasteiger partial charge in [0.2, 0.25) is 5.88 Å². The number of pyridine rings is 1. The summed E-state index contributed by atoms with van der Waals surface area (Å²) in [5.74, 6) is 1.15. The van der Waals surface area contributed by atoms with Gasteiger partial charge in [0.1, 0.15) is 5.82 Å². The lowest BCUT2D eigenvalue weighted by Gasteiger charge is -2.10. The summed E-state index contributed by atoms with van der Waals surface area (Å²) >= 11 is 0. The molecule has 0 saturated heterocycles. The minimum atomic E-state index is 0.0664. The van der Waals surface area contributed by atoms with Crippen LogP contribution in [0.1, 0.15) is 30.9 Å². The molecule has 3 heteroatoms. The van der Waals surface area contributed by atoms with Crippen LogP contribution in [0.4, 0.5) is 5.82 Å². The Kier molecular flexibility index (Phi) is 3.82. The fraction of sp³-hybridized carbons (Fsp3) is 0.267. The van der Waals surface area contributed by atoms with Crippen LogP contribution in [0.15, 0.2) is 42.5 Å². The van der Waals surface area contributed by atoms with Crippen molar-refractivity contribution in [1.82, 2.24) is 4.98 Å². The molecule has 18 heavy (non-hydrogen) atoms. The van der Waals surface area contributed by atoms with Gasteiger partial charge in [-0.05, 0) is 23.1 Å². The Morgan fingerprint density at radius 3 is 2.56 bits per heavy atom. The maximum Gasteiger partial charge on any atom is 0.212 e. The highest BCUT2D eigenvalue weighted by Gasteiger charge is 2.05. The molecule has 0 unspecified atom stereocenters. The standard InChI is InChI=1S/C15H18N2O/c1-11(2)13-8-14(17-15(18)9-13)16-10-12-6-4-3-5-7-12/h3-9,11H,10H2,1-2H3,(H2,16,17,18). The Balaban J connectivity index is 2.10. The Morgan fingerprint density at radius 2 is 1.89 bits per heavy atom. The monoisotopic (exact) mass is 242 g/mol. The molecule has 0 aliphatic rings. The second-order valence-electron chi connectivity index (χ2n) is 4.64. The first-order chi connectivity index (χ1) is 8.65. The Bertz CT molecular complexity index is 509. The average molecular weight is 242 g/mol. The normalized spacial score (nSPS) is 10.6. The fourth-order valence-electron chi connectivity index (χ4n) is 1.75. The van der Waals surface area contributed by atoms with E-state index in [9.17, 15) is 5.11 Å². The van der Waals surface area contributed by atoms with Gasteiger partial charge in [-0.25, -0.2) is 0 Å². The zero-order valence-corrected chi connectivity index (χ0v) is 10.7. The topological polar surface area (TPSA) is 45.2 Å². The minimum absolute atomic E-state index is 0.0664. The van der Waals surface area contributed by atoms with E-state index < -0.39 is 0 Å². The van der Waals surface area contributed by atoms with E-state index in [1.54, 1.807) is 6.07 Å². The predicted octanol–water partition coefficient (Wildman–Crippen LogP) is 3.52. The van der Waals surface area contributed by atoms with Crippen molar-refractivity contribution in [2.75, 3.05) is 5.32 Å². The highest BCUT2D eigenvalue weighted by molar-refractivity contribution is 5.42. The quantitative estimate of drug-likeness (QED) is 0.862. The first kappa shape index (κ1) is 12.4. The van der Waals surface area contributed by atoms with Crippen molar-refractivity contribution in [3.8, 4) is 5.88 Å². The Morgan fingerprint density at radius 1 is 1.17 bits per heavy atom. The van der Waals surface area contributed by atoms with Crippen LogP contribution < -0.4 is 5.32 Å². The fourth-order valence-corrected chi connectivity index (χ4v) is 1.75. The van der Waals surface area contributed by atoms with E-state index in [0.29, 0.717) is 18.3 Å². The highest BCUT2D eigenvalue weighted by atomic mass is 16.3. The largest absolute Gasteiger partial charge is 0.493 e. The second kappa shape index (κ2) is 5.54. The lowest BCUT2D eigenvalue weighted by molar-refractivity contribution is 0.453. The third-order valence-electron chi connectivity index (χ3n) is 2.82. The number of benzene rings is 1. The molecule has 0 saturated carbocycles. The van der Waals surface area contributed by atoms with Gasteiger partial charge >= 0.3 is 0 Å². The summed E-state index contributed by atoms with van der Waals surface area (Å²) in [6.45, 7) is 4.89. The van der Waals surface area contributed by atoms with Crippen LogP contribution in [0.3, 0.4) is 0 Å². The number of anilines is 1. The number of aromatic nitrogens is 1. The van der Waals surface area contributed by atoms with Gasteiger partial charge in [0.05, 0.1) is 0 Å². The van der Waals surface area contributed by atoms with Gasteiger partial charge in [-0.3, -0.25) is 0 Å². The van der Waals surface area contributed by atoms with Crippen LogP contribution in [0.5, 0.6) is 5.88 Å². The number of rotatable bonds is 4. The van der Waals surface area contributed by atoms with Crippen LogP contribution >= 0.6 is 0 Å². The van der Waals surface area contributed by atoms with Gasteiger partial charge in [-0.1, -0.05) is 44.2 Å². The summed E-state index contributed by atoms with van der Waals surface area (Å²) in [7, 11) is 0. The number of nitrogens with zero attached hydrogens (tertiary/aromatic N) is 1. The summed E-state index contributed by atoms with van der Waals surface area (Å²) in [5, 5.41) is 12.8. The van der Waals surface area contributed by atoms with Crippen molar-refractivity contribution in [3.05, 3.63) is 53.6 Å². The molecule has 2 aromatic rings. The van der Waals surface area contributed by atoms with E-state index >= 15 is 0 Å². The van der Waals surface area contributed by atoms with E-state index in [-0.39, 0.29) is 5.88 Å². The first-order valence-electron chi connectivity index (χ1n) is 6.14. The lowest BCUT2D eigenvalue weighted by atomic mass is 10.0. The smallest absolute Gasteiger partial charge is 0.212 e. The highest BCUT2D eigenvalue weighted by Crippen LogP contribution is 2.22. The van der Waals surface area contributed by atoms with Crippen LogP contribution in [0.25, 0.3) is 0 Å². The molecule has 0 atom stereocenters. The second-order valence-corrected chi connectivity index (χ2v) is 4.64. The van der Waals surface area contributed by atoms with Crippen molar-refractivity contribution >= 4 is 5.82 Å². The molecule has 0 aliphatic carbocycles. The maximum atomic E-state index is 9.59. The molecule has 3 nitrogen and oxygen atoms in total. The zero-order valence-electron chi connectivity index (χ0n) is 10.7. The lowest BCUT2D eigenvalue weighted by Crippen LogP contribution is -2.02. The van der Waals surface area contributed by atoms with Gasteiger partial charge in [0, 0.05) is 12.6 Å². The summed E-state index contributed by atoms with van der Waals surface area (Å²) in [6.07, 6.45) is 0. The number of nitrogens with one attached hydrogen (secondary N) is 1. The van der Waals surface area contributed by atoms with E-state index in [2.05, 4.69) is 36.3 Å². The first-order valence-corrected chi connectivity index (χ1v) is 6.14. The molecule has 0 spiro atoms. The zero-order chi connectivity index (χ0) is 13.0. The average Bonchev–Trinajstić information content (AvgIpc) is 2.37. The third-order valence-corrected chi connectivity index (χ3v) is 2.82. The summed E-state index contributed by atoms with van der Waals surface area (Å²) in [5.41, 5.74) is 2.27. The summed E-state index contributed by atoms with van der Waals surface area (Å²) < 4.78 is 0. The molecular weight excluding hydrogens is 224 g/mol. The SMILES string of the molecule is CC(C)c1cc(O)nc(NCc2ccccc2)c1. The van der Waals surface area contributed by atoms with Crippen molar-refractivity contribution in [2.24, 2.45) is 0 Å². The summed E-state index contributed by atoms with van der Waals surface area (Å²) in [6, 6.07) is 13.8. The van der Waals surface area contributed by atoms with Crippen LogP contribution in [0, 0.1) is 0 Å². The Hall–Kier alpha value is -2.03. The molecule has 2 rings (SSSR count). The molecule has 0 bridgehead atoms. The van der Waals surface area contributed by atoms with Gasteiger partial charge < -0.3 is 10.4 Å². The molecule has 0 radical (unpaired) electrons. The molecule has 2 N–H and O–H groups in total. The number of aromatic hydroxyl groups is 1. The van der Waals surface area contributed by atoms with E-state index in [1.807, 2.05) is 24.3 Å². The van der Waals surface area contributed by atoms with Gasteiger partial charge in [0.15, 0.2) is 0 Å². The molecule has 0 fully saturated rings. The predicted molar refractivity (Wildman–Crippen MR) is 73.8 cm³/mol. The molecular formula is C15H18N2O. The maximum absolute atomic E-state index is 9.59. The minimum Gasteiger partial charge on any atom is -0.493 e. The van der Waals surface area contributed by atoms with Crippen molar-refractivity contribution < 1.29 is 5.11 Å². The third kappa shape index (κ3) is 3.23. The molecule has 1 aromatic heterocycles. The van der Waals surface area contributed by atoms with Crippen LogP contribution in [-0.2, 0) is 6.54 Å². The molecule has 0 amide bonds. The van der Waals surface area contributed by atoms with Crippen LogP contribution in [-0.4, -0.2) is 10.1 Å². The van der Waals surface area contributed by atoms with Gasteiger partial charge in [-0.2, -0.15) is 4.98 Å². The van der Waals surface area contributed by atoms with E-state index in [4.69, 9.17) is 0 Å².